The van der Waals surface area contributed by atoms with Gasteiger partial charge in [-0.05, 0) is 24.3 Å². The predicted octanol–water partition coefficient (Wildman–Crippen LogP) is 5.24. The molecule has 4 nitrogen and oxygen atoms in total. The topological polar surface area (TPSA) is 78.3 Å². The zero-order valence-corrected chi connectivity index (χ0v) is 15.2. The SMILES string of the molecule is COC(=O)c1ccc(N)c(F)c1C(F)F.Nc1ccc(Br)c(C(F)F)c1F. The highest BCUT2D eigenvalue weighted by Crippen LogP contribution is 2.32. The van der Waals surface area contributed by atoms with E-state index in [4.69, 9.17) is 11.5 Å². The van der Waals surface area contributed by atoms with Crippen molar-refractivity contribution in [2.45, 2.75) is 12.9 Å². The van der Waals surface area contributed by atoms with Crippen molar-refractivity contribution in [3.05, 3.63) is 57.1 Å². The number of rotatable bonds is 3. The number of alkyl halides is 4. The predicted molar refractivity (Wildman–Crippen MR) is 90.6 cm³/mol. The zero-order valence-electron chi connectivity index (χ0n) is 13.6. The van der Waals surface area contributed by atoms with Crippen molar-refractivity contribution < 1.29 is 35.9 Å². The van der Waals surface area contributed by atoms with Crippen molar-refractivity contribution in [2.24, 2.45) is 0 Å². The van der Waals surface area contributed by atoms with E-state index in [1.54, 1.807) is 0 Å². The maximum Gasteiger partial charge on any atom is 0.338 e. The monoisotopic (exact) mass is 458 g/mol. The Balaban J connectivity index is 0.000000277. The minimum atomic E-state index is -3.12. The van der Waals surface area contributed by atoms with Crippen LogP contribution in [0.2, 0.25) is 0 Å². The second-order valence-electron chi connectivity index (χ2n) is 4.89. The Morgan fingerprint density at radius 2 is 1.37 bits per heavy atom. The van der Waals surface area contributed by atoms with Gasteiger partial charge in [-0.2, -0.15) is 0 Å². The summed E-state index contributed by atoms with van der Waals surface area (Å²) in [7, 11) is 1.02. The summed E-state index contributed by atoms with van der Waals surface area (Å²) in [5, 5.41) is 0. The van der Waals surface area contributed by atoms with Crippen molar-refractivity contribution in [3.8, 4) is 0 Å². The van der Waals surface area contributed by atoms with Crippen molar-refractivity contribution in [2.75, 3.05) is 18.6 Å². The van der Waals surface area contributed by atoms with Crippen LogP contribution >= 0.6 is 15.9 Å². The van der Waals surface area contributed by atoms with Crippen molar-refractivity contribution >= 4 is 33.3 Å². The van der Waals surface area contributed by atoms with Crippen molar-refractivity contribution in [1.82, 2.24) is 0 Å². The van der Waals surface area contributed by atoms with Gasteiger partial charge >= 0.3 is 5.97 Å². The number of halogens is 7. The summed E-state index contributed by atoms with van der Waals surface area (Å²) in [6.45, 7) is 0. The zero-order chi connectivity index (χ0) is 20.9. The summed E-state index contributed by atoms with van der Waals surface area (Å²) >= 11 is 2.81. The molecule has 148 valence electrons. The Bertz CT molecular complexity index is 833. The summed E-state index contributed by atoms with van der Waals surface area (Å²) in [4.78, 5) is 11.0. The molecule has 0 aliphatic rings. The smallest absolute Gasteiger partial charge is 0.338 e. The third kappa shape index (κ3) is 5.28. The van der Waals surface area contributed by atoms with Crippen LogP contribution in [0, 0.1) is 11.6 Å². The Morgan fingerprint density at radius 3 is 1.78 bits per heavy atom. The van der Waals surface area contributed by atoms with Gasteiger partial charge in [0.15, 0.2) is 11.6 Å². The number of carbonyl (C=O) groups excluding carboxylic acids is 1. The van der Waals surface area contributed by atoms with Gasteiger partial charge < -0.3 is 16.2 Å². The number of ether oxygens (including phenoxy) is 1. The molecule has 27 heavy (non-hydrogen) atoms. The molecule has 2 aromatic carbocycles. The lowest BCUT2D eigenvalue weighted by molar-refractivity contribution is 0.0587. The van der Waals surface area contributed by atoms with Crippen LogP contribution < -0.4 is 11.5 Å². The molecular formula is C16H13BrF6N2O2. The number of nitrogens with two attached hydrogens (primary N) is 2. The van der Waals surface area contributed by atoms with Gasteiger partial charge in [0.1, 0.15) is 0 Å². The van der Waals surface area contributed by atoms with Gasteiger partial charge in [-0.25, -0.2) is 31.1 Å². The second kappa shape index (κ2) is 9.49. The molecule has 0 unspecified atom stereocenters. The molecule has 2 aromatic rings. The summed E-state index contributed by atoms with van der Waals surface area (Å²) in [5.41, 5.74) is 7.28. The van der Waals surface area contributed by atoms with Gasteiger partial charge in [0.25, 0.3) is 12.9 Å². The third-order valence-corrected chi connectivity index (χ3v) is 3.90. The van der Waals surface area contributed by atoms with E-state index in [2.05, 4.69) is 20.7 Å². The highest BCUT2D eigenvalue weighted by Gasteiger charge is 2.24. The van der Waals surface area contributed by atoms with E-state index in [9.17, 15) is 31.1 Å². The molecular weight excluding hydrogens is 446 g/mol. The summed E-state index contributed by atoms with van der Waals surface area (Å²) in [6, 6.07) is 4.56. The first-order valence-electron chi connectivity index (χ1n) is 6.98. The van der Waals surface area contributed by atoms with Gasteiger partial charge in [-0.3, -0.25) is 0 Å². The lowest BCUT2D eigenvalue weighted by Gasteiger charge is -2.09. The van der Waals surface area contributed by atoms with Crippen LogP contribution in [-0.2, 0) is 4.74 Å². The first-order chi connectivity index (χ1) is 12.5. The number of hydrogen-bond donors (Lipinski definition) is 2. The molecule has 2 rings (SSSR count). The molecule has 0 bridgehead atoms. The Labute approximate surface area is 158 Å². The molecule has 0 radical (unpaired) electrons. The maximum atomic E-state index is 13.2. The summed E-state index contributed by atoms with van der Waals surface area (Å²) in [5.74, 6) is -3.36. The van der Waals surface area contributed by atoms with Crippen molar-refractivity contribution in [3.63, 3.8) is 0 Å². The summed E-state index contributed by atoms with van der Waals surface area (Å²) in [6.07, 6.45) is -5.98. The maximum absolute atomic E-state index is 13.2. The molecule has 4 N–H and O–H groups in total. The average molecular weight is 459 g/mol. The summed E-state index contributed by atoms with van der Waals surface area (Å²) < 4.78 is 79.6. The second-order valence-corrected chi connectivity index (χ2v) is 5.74. The molecule has 11 heteroatoms. The molecule has 0 heterocycles. The van der Waals surface area contributed by atoms with E-state index in [0.717, 1.165) is 19.2 Å². The van der Waals surface area contributed by atoms with E-state index >= 15 is 0 Å². The standard InChI is InChI=1S/C9H8F3NO2.C7H5BrF3N/c1-15-9(14)4-2-3-5(13)7(10)6(4)8(11)12;8-3-1-2-4(12)6(9)5(3)7(10)11/h2-3,8H,13H2,1H3;1-2,7H,12H2. The lowest BCUT2D eigenvalue weighted by atomic mass is 10.1. The van der Waals surface area contributed by atoms with Crippen LogP contribution in [0.15, 0.2) is 28.7 Å². The molecule has 0 saturated carbocycles. The van der Waals surface area contributed by atoms with Gasteiger partial charge in [-0.1, -0.05) is 15.9 Å². The number of nitrogen functional groups attached to an aromatic ring is 2. The van der Waals surface area contributed by atoms with Crippen LogP contribution in [0.3, 0.4) is 0 Å². The van der Waals surface area contributed by atoms with Crippen LogP contribution in [0.25, 0.3) is 0 Å². The normalized spacial score (nSPS) is 10.6. The van der Waals surface area contributed by atoms with Gasteiger partial charge in [-0.15, -0.1) is 0 Å². The Kier molecular flexibility index (Phi) is 7.95. The van der Waals surface area contributed by atoms with E-state index in [0.29, 0.717) is 0 Å². The highest BCUT2D eigenvalue weighted by molar-refractivity contribution is 9.10. The third-order valence-electron chi connectivity index (χ3n) is 3.21. The number of esters is 1. The molecule has 0 saturated heterocycles. The van der Waals surface area contributed by atoms with E-state index in [-0.39, 0.29) is 10.2 Å². The molecule has 0 aliphatic heterocycles. The van der Waals surface area contributed by atoms with Gasteiger partial charge in [0.2, 0.25) is 0 Å². The van der Waals surface area contributed by atoms with Gasteiger partial charge in [0.05, 0.1) is 35.2 Å². The fourth-order valence-corrected chi connectivity index (χ4v) is 2.38. The molecule has 0 fully saturated rings. The molecule has 0 atom stereocenters. The minimum absolute atomic E-state index is 0.0317. The van der Waals surface area contributed by atoms with Crippen LogP contribution in [0.5, 0.6) is 0 Å². The Hall–Kier alpha value is -2.43. The lowest BCUT2D eigenvalue weighted by Crippen LogP contribution is -2.09. The number of hydrogen-bond acceptors (Lipinski definition) is 4. The quantitative estimate of drug-likeness (QED) is 0.374. The number of methoxy groups -OCH3 is 1. The Morgan fingerprint density at radius 1 is 0.926 bits per heavy atom. The van der Waals surface area contributed by atoms with Crippen molar-refractivity contribution in [1.29, 1.82) is 0 Å². The first-order valence-corrected chi connectivity index (χ1v) is 7.78. The minimum Gasteiger partial charge on any atom is -0.465 e. The van der Waals surface area contributed by atoms with E-state index in [1.165, 1.54) is 12.1 Å². The van der Waals surface area contributed by atoms with Gasteiger partial charge in [0, 0.05) is 4.47 Å². The fourth-order valence-electron chi connectivity index (χ4n) is 1.90. The highest BCUT2D eigenvalue weighted by atomic mass is 79.9. The first kappa shape index (κ1) is 22.6. The van der Waals surface area contributed by atoms with Crippen LogP contribution in [0.1, 0.15) is 34.3 Å². The van der Waals surface area contributed by atoms with Crippen LogP contribution in [-0.4, -0.2) is 13.1 Å². The number of carbonyl (C=O) groups is 1. The average Bonchev–Trinajstić information content (AvgIpc) is 2.60. The van der Waals surface area contributed by atoms with Crippen LogP contribution in [0.4, 0.5) is 37.7 Å². The van der Waals surface area contributed by atoms with E-state index in [1.807, 2.05) is 0 Å². The fraction of sp³-hybridized carbons (Fsp3) is 0.188. The molecule has 0 aliphatic carbocycles. The molecule has 0 amide bonds. The molecule has 0 aromatic heterocycles. The van der Waals surface area contributed by atoms with E-state index < -0.39 is 52.8 Å². The number of benzene rings is 2. The molecule has 0 spiro atoms. The number of anilines is 2. The largest absolute Gasteiger partial charge is 0.465 e.